The van der Waals surface area contributed by atoms with Crippen LogP contribution in [-0.4, -0.2) is 0 Å². The smallest absolute Gasteiger partial charge is 0.0533 e. The van der Waals surface area contributed by atoms with Crippen LogP contribution < -0.4 is 12.3 Å². The number of hydrogen-bond donors (Lipinski definition) is 2. The SMILES string of the molecule is C1CCCCC1.C1CCCCC1.N.N. The molecule has 6 N–H and O–H groups in total. The molecule has 14 heavy (non-hydrogen) atoms. The minimum absolute atomic E-state index is 0. The van der Waals surface area contributed by atoms with Gasteiger partial charge in [0.05, 0.1) is 0 Å². The van der Waals surface area contributed by atoms with Crippen molar-refractivity contribution in [3.8, 4) is 0 Å². The van der Waals surface area contributed by atoms with E-state index in [0.717, 1.165) is 0 Å². The Morgan fingerprint density at radius 2 is 0.286 bits per heavy atom. The van der Waals surface area contributed by atoms with Gasteiger partial charge in [0.1, 0.15) is 0 Å². The topological polar surface area (TPSA) is 70.0 Å². The second kappa shape index (κ2) is 12.9. The average Bonchev–Trinajstić information content (AvgIpc) is 2.24. The van der Waals surface area contributed by atoms with Gasteiger partial charge in [-0.25, -0.2) is 0 Å². The van der Waals surface area contributed by atoms with Gasteiger partial charge >= 0.3 is 0 Å². The molecule has 0 bridgehead atoms. The van der Waals surface area contributed by atoms with E-state index in [9.17, 15) is 0 Å². The van der Waals surface area contributed by atoms with Gasteiger partial charge in [-0.1, -0.05) is 77.0 Å². The minimum Gasteiger partial charge on any atom is -0.344 e. The van der Waals surface area contributed by atoms with Crippen LogP contribution in [0.2, 0.25) is 0 Å². The molecule has 0 aromatic rings. The largest absolute Gasteiger partial charge is 0.344 e. The van der Waals surface area contributed by atoms with Crippen LogP contribution in [0.3, 0.4) is 0 Å². The normalized spacial score (nSPS) is 20.6. The maximum atomic E-state index is 1.50. The molecular weight excluding hydrogens is 172 g/mol. The van der Waals surface area contributed by atoms with Crippen LogP contribution in [0, 0.1) is 0 Å². The van der Waals surface area contributed by atoms with Gasteiger partial charge in [0, 0.05) is 0 Å². The predicted molar refractivity (Wildman–Crippen MR) is 65.4 cm³/mol. The zero-order valence-corrected chi connectivity index (χ0v) is 9.90. The quantitative estimate of drug-likeness (QED) is 0.580. The Morgan fingerprint density at radius 3 is 0.357 bits per heavy atom. The molecule has 2 fully saturated rings. The van der Waals surface area contributed by atoms with E-state index < -0.39 is 0 Å². The summed E-state index contributed by atoms with van der Waals surface area (Å²) in [4.78, 5) is 0. The molecule has 2 aliphatic rings. The van der Waals surface area contributed by atoms with E-state index in [4.69, 9.17) is 0 Å². The third-order valence-electron chi connectivity index (χ3n) is 3.00. The first-order valence-corrected chi connectivity index (χ1v) is 6.00. The lowest BCUT2D eigenvalue weighted by molar-refractivity contribution is 0.504. The summed E-state index contributed by atoms with van der Waals surface area (Å²) in [5, 5.41) is 0. The average molecular weight is 202 g/mol. The molecular formula is C12H30N2. The van der Waals surface area contributed by atoms with Crippen LogP contribution in [0.5, 0.6) is 0 Å². The van der Waals surface area contributed by atoms with E-state index in [1.807, 2.05) is 0 Å². The second-order valence-corrected chi connectivity index (χ2v) is 4.24. The summed E-state index contributed by atoms with van der Waals surface area (Å²) in [6.45, 7) is 0. The van der Waals surface area contributed by atoms with Gasteiger partial charge in [-0.15, -0.1) is 0 Å². The summed E-state index contributed by atoms with van der Waals surface area (Å²) < 4.78 is 0. The summed E-state index contributed by atoms with van der Waals surface area (Å²) >= 11 is 0. The van der Waals surface area contributed by atoms with Gasteiger partial charge in [-0.2, -0.15) is 0 Å². The highest BCUT2D eigenvalue weighted by Gasteiger charge is 1.96. The highest BCUT2D eigenvalue weighted by Crippen LogP contribution is 2.15. The number of rotatable bonds is 0. The van der Waals surface area contributed by atoms with Crippen LogP contribution in [-0.2, 0) is 0 Å². The van der Waals surface area contributed by atoms with Crippen LogP contribution in [0.4, 0.5) is 0 Å². The number of hydrogen-bond acceptors (Lipinski definition) is 2. The molecule has 2 saturated carbocycles. The fourth-order valence-electron chi connectivity index (χ4n) is 2.12. The standard InChI is InChI=1S/2C6H12.2H3N/c2*1-2-4-6-5-3-1;;/h2*1-6H2;2*1H3. The molecule has 0 atom stereocenters. The Kier molecular flexibility index (Phi) is 15.1. The lowest BCUT2D eigenvalue weighted by Gasteiger charge is -2.05. The summed E-state index contributed by atoms with van der Waals surface area (Å²) in [5.74, 6) is 0. The summed E-state index contributed by atoms with van der Waals surface area (Å²) in [6.07, 6.45) is 18.0. The first kappa shape index (κ1) is 16.4. The predicted octanol–water partition coefficient (Wildman–Crippen LogP) is 5.01. The fourth-order valence-corrected chi connectivity index (χ4v) is 2.12. The lowest BCUT2D eigenvalue weighted by Crippen LogP contribution is -1.85. The Balaban J connectivity index is 0. The molecule has 0 amide bonds. The summed E-state index contributed by atoms with van der Waals surface area (Å²) in [5.41, 5.74) is 0. The molecule has 2 heteroatoms. The van der Waals surface area contributed by atoms with E-state index in [2.05, 4.69) is 0 Å². The maximum absolute atomic E-state index is 1.50. The van der Waals surface area contributed by atoms with Crippen molar-refractivity contribution in [2.75, 3.05) is 0 Å². The monoisotopic (exact) mass is 202 g/mol. The minimum atomic E-state index is 0. The van der Waals surface area contributed by atoms with Gasteiger partial charge < -0.3 is 12.3 Å². The first-order valence-electron chi connectivity index (χ1n) is 6.00. The van der Waals surface area contributed by atoms with Crippen LogP contribution in [0.15, 0.2) is 0 Å². The van der Waals surface area contributed by atoms with Gasteiger partial charge in [-0.05, 0) is 0 Å². The van der Waals surface area contributed by atoms with Gasteiger partial charge in [0.25, 0.3) is 0 Å². The third-order valence-corrected chi connectivity index (χ3v) is 3.00. The van der Waals surface area contributed by atoms with Crippen molar-refractivity contribution in [3.63, 3.8) is 0 Å². The van der Waals surface area contributed by atoms with Crippen molar-refractivity contribution < 1.29 is 0 Å². The van der Waals surface area contributed by atoms with E-state index in [1.54, 1.807) is 0 Å². The maximum Gasteiger partial charge on any atom is -0.0533 e. The molecule has 0 aromatic heterocycles. The van der Waals surface area contributed by atoms with Crippen LogP contribution >= 0.6 is 0 Å². The van der Waals surface area contributed by atoms with Crippen molar-refractivity contribution in [1.29, 1.82) is 0 Å². The van der Waals surface area contributed by atoms with Crippen molar-refractivity contribution in [1.82, 2.24) is 12.3 Å². The third kappa shape index (κ3) is 10.0. The van der Waals surface area contributed by atoms with E-state index >= 15 is 0 Å². The van der Waals surface area contributed by atoms with Crippen LogP contribution in [0.25, 0.3) is 0 Å². The molecule has 2 aliphatic carbocycles. The van der Waals surface area contributed by atoms with Crippen molar-refractivity contribution >= 4 is 0 Å². The summed E-state index contributed by atoms with van der Waals surface area (Å²) in [6, 6.07) is 0. The summed E-state index contributed by atoms with van der Waals surface area (Å²) in [7, 11) is 0. The molecule has 0 radical (unpaired) electrons. The van der Waals surface area contributed by atoms with E-state index in [1.165, 1.54) is 77.0 Å². The zero-order chi connectivity index (χ0) is 8.49. The van der Waals surface area contributed by atoms with Gasteiger partial charge in [0.15, 0.2) is 0 Å². The molecule has 0 aliphatic heterocycles. The Bertz CT molecular complexity index is 51.3. The van der Waals surface area contributed by atoms with Gasteiger partial charge in [-0.3, -0.25) is 0 Å². The molecule has 0 spiro atoms. The Hall–Kier alpha value is -0.0800. The zero-order valence-electron chi connectivity index (χ0n) is 9.90. The lowest BCUT2D eigenvalue weighted by atomic mass is 10.0. The Labute approximate surface area is 90.0 Å². The highest BCUT2D eigenvalue weighted by molar-refractivity contribution is 4.51. The second-order valence-electron chi connectivity index (χ2n) is 4.24. The molecule has 0 heterocycles. The highest BCUT2D eigenvalue weighted by atomic mass is 14.0. The molecule has 88 valence electrons. The first-order chi connectivity index (χ1) is 6.00. The van der Waals surface area contributed by atoms with Crippen molar-refractivity contribution in [2.45, 2.75) is 77.0 Å². The van der Waals surface area contributed by atoms with Gasteiger partial charge in [0.2, 0.25) is 0 Å². The molecule has 2 rings (SSSR count). The fraction of sp³-hybridized carbons (Fsp3) is 1.00. The van der Waals surface area contributed by atoms with Crippen LogP contribution in [0.1, 0.15) is 77.0 Å². The van der Waals surface area contributed by atoms with E-state index in [0.29, 0.717) is 0 Å². The molecule has 2 nitrogen and oxygen atoms in total. The molecule has 0 aromatic carbocycles. The molecule has 0 unspecified atom stereocenters. The van der Waals surface area contributed by atoms with E-state index in [-0.39, 0.29) is 12.3 Å². The molecule has 0 saturated heterocycles. The van der Waals surface area contributed by atoms with Crippen molar-refractivity contribution in [3.05, 3.63) is 0 Å². The van der Waals surface area contributed by atoms with Crippen molar-refractivity contribution in [2.24, 2.45) is 0 Å². The Morgan fingerprint density at radius 1 is 0.214 bits per heavy atom.